The number of aryl methyl sites for hydroxylation is 2. The van der Waals surface area contributed by atoms with E-state index in [2.05, 4.69) is 10.5 Å². The lowest BCUT2D eigenvalue weighted by molar-refractivity contribution is 0.0602. The van der Waals surface area contributed by atoms with E-state index in [9.17, 15) is 9.59 Å². The van der Waals surface area contributed by atoms with Crippen molar-refractivity contribution in [2.45, 2.75) is 13.8 Å². The average Bonchev–Trinajstić information content (AvgIpc) is 3.18. The maximum absolute atomic E-state index is 12.6. The van der Waals surface area contributed by atoms with Crippen molar-refractivity contribution in [3.63, 3.8) is 0 Å². The highest BCUT2D eigenvalue weighted by molar-refractivity contribution is 7.20. The molecule has 3 rings (SSSR count). The molecule has 0 saturated carbocycles. The molecular formula is C18H16N2O4S. The minimum atomic E-state index is -0.507. The summed E-state index contributed by atoms with van der Waals surface area (Å²) in [5.74, 6) is -0.454. The average molecular weight is 356 g/mol. The third-order valence-corrected chi connectivity index (χ3v) is 4.78. The second kappa shape index (κ2) is 6.90. The van der Waals surface area contributed by atoms with Crippen molar-refractivity contribution in [3.05, 3.63) is 59.0 Å². The van der Waals surface area contributed by atoms with Gasteiger partial charge in [0.25, 0.3) is 5.91 Å². The number of nitrogens with one attached hydrogen (secondary N) is 1. The van der Waals surface area contributed by atoms with Crippen molar-refractivity contribution in [3.8, 4) is 10.4 Å². The van der Waals surface area contributed by atoms with Crippen molar-refractivity contribution in [2.24, 2.45) is 0 Å². The Morgan fingerprint density at radius 2 is 1.92 bits per heavy atom. The van der Waals surface area contributed by atoms with Crippen LogP contribution in [0.3, 0.4) is 0 Å². The fourth-order valence-corrected chi connectivity index (χ4v) is 3.51. The number of ether oxygens (including phenoxy) is 1. The lowest BCUT2D eigenvalue weighted by atomic mass is 10.1. The van der Waals surface area contributed by atoms with Gasteiger partial charge >= 0.3 is 5.97 Å². The first-order valence-corrected chi connectivity index (χ1v) is 8.34. The summed E-state index contributed by atoms with van der Waals surface area (Å²) in [6.07, 6.45) is 0. The third-order valence-electron chi connectivity index (χ3n) is 3.68. The number of thiophene rings is 1. The van der Waals surface area contributed by atoms with E-state index in [4.69, 9.17) is 9.26 Å². The number of hydrogen-bond acceptors (Lipinski definition) is 6. The molecule has 7 heteroatoms. The molecule has 1 aromatic carbocycles. The second-order valence-electron chi connectivity index (χ2n) is 5.36. The predicted octanol–water partition coefficient (Wildman–Crippen LogP) is 4.06. The summed E-state index contributed by atoms with van der Waals surface area (Å²) >= 11 is 1.31. The molecule has 0 aliphatic rings. The first-order chi connectivity index (χ1) is 12.0. The number of hydrogen-bond donors (Lipinski definition) is 1. The number of rotatable bonds is 4. The van der Waals surface area contributed by atoms with Crippen LogP contribution < -0.4 is 5.32 Å². The summed E-state index contributed by atoms with van der Waals surface area (Å²) in [5.41, 5.74) is 2.13. The normalized spacial score (nSPS) is 10.5. The van der Waals surface area contributed by atoms with Gasteiger partial charge < -0.3 is 14.6 Å². The highest BCUT2D eigenvalue weighted by Gasteiger charge is 2.23. The van der Waals surface area contributed by atoms with E-state index in [1.165, 1.54) is 18.4 Å². The van der Waals surface area contributed by atoms with Crippen molar-refractivity contribution in [1.29, 1.82) is 0 Å². The van der Waals surface area contributed by atoms with Gasteiger partial charge in [-0.05, 0) is 25.5 Å². The Morgan fingerprint density at radius 3 is 2.52 bits per heavy atom. The number of benzene rings is 1. The standard InChI is InChI=1S/C18H16N2O4S/c1-10-15(11(2)24-20-10)16(21)19-17-13(18(22)23-3)9-14(25-17)12-7-5-4-6-8-12/h4-9H,1-3H3,(H,19,21). The fraction of sp³-hybridized carbons (Fsp3) is 0.167. The molecule has 0 saturated heterocycles. The Morgan fingerprint density at radius 1 is 1.20 bits per heavy atom. The summed E-state index contributed by atoms with van der Waals surface area (Å²) in [6.45, 7) is 3.36. The zero-order valence-electron chi connectivity index (χ0n) is 14.0. The molecule has 0 spiro atoms. The molecular weight excluding hydrogens is 340 g/mol. The largest absolute Gasteiger partial charge is 0.465 e. The number of amides is 1. The molecule has 25 heavy (non-hydrogen) atoms. The Labute approximate surface area is 148 Å². The Hall–Kier alpha value is -2.93. The number of methoxy groups -OCH3 is 1. The van der Waals surface area contributed by atoms with Gasteiger partial charge in [-0.25, -0.2) is 4.79 Å². The van der Waals surface area contributed by atoms with Crippen LogP contribution in [0.1, 0.15) is 32.2 Å². The van der Waals surface area contributed by atoms with Crippen LogP contribution in [0.2, 0.25) is 0 Å². The number of anilines is 1. The maximum Gasteiger partial charge on any atom is 0.340 e. The van der Waals surface area contributed by atoms with E-state index in [1.807, 2.05) is 30.3 Å². The predicted molar refractivity (Wildman–Crippen MR) is 95.0 cm³/mol. The Kier molecular flexibility index (Phi) is 4.67. The molecule has 0 radical (unpaired) electrons. The molecule has 1 N–H and O–H groups in total. The second-order valence-corrected chi connectivity index (χ2v) is 6.42. The number of aromatic nitrogens is 1. The van der Waals surface area contributed by atoms with Gasteiger partial charge in [0.1, 0.15) is 16.3 Å². The Bertz CT molecular complexity index is 908. The first kappa shape index (κ1) is 16.9. The monoisotopic (exact) mass is 356 g/mol. The van der Waals surface area contributed by atoms with E-state index in [0.29, 0.717) is 27.6 Å². The molecule has 0 atom stereocenters. The highest BCUT2D eigenvalue weighted by Crippen LogP contribution is 2.36. The lowest BCUT2D eigenvalue weighted by Gasteiger charge is -2.04. The molecule has 0 aliphatic carbocycles. The quantitative estimate of drug-likeness (QED) is 0.713. The van der Waals surface area contributed by atoms with Crippen molar-refractivity contribution >= 4 is 28.2 Å². The van der Waals surface area contributed by atoms with E-state index in [0.717, 1.165) is 10.4 Å². The van der Waals surface area contributed by atoms with Crippen LogP contribution in [0.25, 0.3) is 10.4 Å². The minimum Gasteiger partial charge on any atom is -0.465 e. The number of esters is 1. The summed E-state index contributed by atoms with van der Waals surface area (Å²) in [6, 6.07) is 11.3. The lowest BCUT2D eigenvalue weighted by Crippen LogP contribution is -2.15. The smallest absolute Gasteiger partial charge is 0.340 e. The van der Waals surface area contributed by atoms with Gasteiger partial charge in [-0.2, -0.15) is 0 Å². The van der Waals surface area contributed by atoms with Crippen LogP contribution in [0.5, 0.6) is 0 Å². The van der Waals surface area contributed by atoms with Crippen LogP contribution >= 0.6 is 11.3 Å². The zero-order chi connectivity index (χ0) is 18.0. The summed E-state index contributed by atoms with van der Waals surface area (Å²) < 4.78 is 9.86. The fourth-order valence-electron chi connectivity index (χ4n) is 2.46. The number of carbonyl (C=O) groups excluding carboxylic acids is 2. The molecule has 3 aromatic rings. The van der Waals surface area contributed by atoms with Gasteiger partial charge in [0.2, 0.25) is 0 Å². The molecule has 6 nitrogen and oxygen atoms in total. The van der Waals surface area contributed by atoms with E-state index in [-0.39, 0.29) is 5.91 Å². The van der Waals surface area contributed by atoms with Crippen LogP contribution in [0.15, 0.2) is 40.9 Å². The van der Waals surface area contributed by atoms with Gasteiger partial charge in [0.15, 0.2) is 0 Å². The molecule has 0 fully saturated rings. The van der Waals surface area contributed by atoms with E-state index >= 15 is 0 Å². The summed E-state index contributed by atoms with van der Waals surface area (Å²) in [4.78, 5) is 25.5. The molecule has 128 valence electrons. The molecule has 2 aromatic heterocycles. The summed E-state index contributed by atoms with van der Waals surface area (Å²) in [5, 5.41) is 6.99. The third kappa shape index (κ3) is 3.32. The van der Waals surface area contributed by atoms with Crippen molar-refractivity contribution in [2.75, 3.05) is 12.4 Å². The summed E-state index contributed by atoms with van der Waals surface area (Å²) in [7, 11) is 1.31. The van der Waals surface area contributed by atoms with Gasteiger partial charge in [0.05, 0.1) is 18.4 Å². The van der Waals surface area contributed by atoms with Gasteiger partial charge in [-0.3, -0.25) is 4.79 Å². The van der Waals surface area contributed by atoms with Gasteiger partial charge in [0, 0.05) is 4.88 Å². The van der Waals surface area contributed by atoms with Crippen molar-refractivity contribution < 1.29 is 18.8 Å². The van der Waals surface area contributed by atoms with Crippen LogP contribution in [-0.4, -0.2) is 24.1 Å². The van der Waals surface area contributed by atoms with Gasteiger partial charge in [-0.1, -0.05) is 35.5 Å². The maximum atomic E-state index is 12.6. The van der Waals surface area contributed by atoms with Gasteiger partial charge in [-0.15, -0.1) is 11.3 Å². The molecule has 2 heterocycles. The Balaban J connectivity index is 1.98. The van der Waals surface area contributed by atoms with Crippen LogP contribution in [0.4, 0.5) is 5.00 Å². The number of carbonyl (C=O) groups is 2. The van der Waals surface area contributed by atoms with E-state index in [1.54, 1.807) is 19.9 Å². The minimum absolute atomic E-state index is 0.312. The van der Waals surface area contributed by atoms with E-state index < -0.39 is 5.97 Å². The molecule has 0 aliphatic heterocycles. The number of nitrogens with zero attached hydrogens (tertiary/aromatic N) is 1. The van der Waals surface area contributed by atoms with Crippen LogP contribution in [-0.2, 0) is 4.74 Å². The topological polar surface area (TPSA) is 81.4 Å². The SMILES string of the molecule is COC(=O)c1cc(-c2ccccc2)sc1NC(=O)c1c(C)noc1C. The van der Waals surface area contributed by atoms with Crippen molar-refractivity contribution in [1.82, 2.24) is 5.16 Å². The molecule has 0 bridgehead atoms. The zero-order valence-corrected chi connectivity index (χ0v) is 14.8. The molecule has 0 unspecified atom stereocenters. The first-order valence-electron chi connectivity index (χ1n) is 7.53. The highest BCUT2D eigenvalue weighted by atomic mass is 32.1. The molecule has 1 amide bonds. The van der Waals surface area contributed by atoms with Crippen LogP contribution in [0, 0.1) is 13.8 Å².